The Morgan fingerprint density at radius 1 is 1.39 bits per heavy atom. The number of nitrogen functional groups attached to an aromatic ring is 1. The van der Waals surface area contributed by atoms with Gasteiger partial charge in [-0.25, -0.2) is 4.98 Å². The standard InChI is InChI=1S/C11H20N4O3/c1-3-18-11-9(12)10(13-8-14-11)15(2)4-6-17-7-5-16/h8,16H,3-7,12H2,1-2H3. The third kappa shape index (κ3) is 4.01. The van der Waals surface area contributed by atoms with Crippen LogP contribution in [0, 0.1) is 0 Å². The predicted molar refractivity (Wildman–Crippen MR) is 68.8 cm³/mol. The van der Waals surface area contributed by atoms with Gasteiger partial charge in [-0.05, 0) is 6.92 Å². The smallest absolute Gasteiger partial charge is 0.242 e. The molecule has 0 atom stereocenters. The second-order valence-electron chi connectivity index (χ2n) is 3.61. The van der Waals surface area contributed by atoms with E-state index in [4.69, 9.17) is 20.3 Å². The zero-order valence-corrected chi connectivity index (χ0v) is 10.8. The zero-order valence-electron chi connectivity index (χ0n) is 10.8. The minimum atomic E-state index is 0.0217. The average Bonchev–Trinajstić information content (AvgIpc) is 2.37. The summed E-state index contributed by atoms with van der Waals surface area (Å²) in [7, 11) is 1.86. The Bertz CT molecular complexity index is 362. The molecule has 0 bridgehead atoms. The highest BCUT2D eigenvalue weighted by Gasteiger charge is 2.12. The second kappa shape index (κ2) is 7.67. The van der Waals surface area contributed by atoms with Crippen LogP contribution in [0.3, 0.4) is 0 Å². The van der Waals surface area contributed by atoms with Crippen LogP contribution < -0.4 is 15.4 Å². The summed E-state index contributed by atoms with van der Waals surface area (Å²) in [4.78, 5) is 9.95. The summed E-state index contributed by atoms with van der Waals surface area (Å²) in [5, 5.41) is 8.59. The van der Waals surface area contributed by atoms with Gasteiger partial charge in [-0.3, -0.25) is 0 Å². The molecule has 0 fully saturated rings. The number of aliphatic hydroxyl groups is 1. The maximum atomic E-state index is 8.59. The van der Waals surface area contributed by atoms with Gasteiger partial charge in [0.05, 0.1) is 26.4 Å². The van der Waals surface area contributed by atoms with Crippen LogP contribution in [0.2, 0.25) is 0 Å². The summed E-state index contributed by atoms with van der Waals surface area (Å²) in [6.45, 7) is 3.83. The minimum Gasteiger partial charge on any atom is -0.476 e. The Kier molecular flexibility index (Phi) is 6.16. The SMILES string of the molecule is CCOc1ncnc(N(C)CCOCCO)c1N. The van der Waals surface area contributed by atoms with Crippen LogP contribution in [0.5, 0.6) is 5.88 Å². The van der Waals surface area contributed by atoms with Gasteiger partial charge in [0, 0.05) is 13.6 Å². The third-order valence-corrected chi connectivity index (χ3v) is 2.28. The normalized spacial score (nSPS) is 10.4. The van der Waals surface area contributed by atoms with Crippen molar-refractivity contribution in [3.63, 3.8) is 0 Å². The van der Waals surface area contributed by atoms with Gasteiger partial charge in [0.15, 0.2) is 5.82 Å². The van der Waals surface area contributed by atoms with Crippen LogP contribution in [-0.2, 0) is 4.74 Å². The monoisotopic (exact) mass is 256 g/mol. The summed E-state index contributed by atoms with van der Waals surface area (Å²) >= 11 is 0. The summed E-state index contributed by atoms with van der Waals surface area (Å²) < 4.78 is 10.5. The Morgan fingerprint density at radius 2 is 2.17 bits per heavy atom. The lowest BCUT2D eigenvalue weighted by molar-refractivity contribution is 0.0970. The number of nitrogens with zero attached hydrogens (tertiary/aromatic N) is 3. The fraction of sp³-hybridized carbons (Fsp3) is 0.636. The first kappa shape index (κ1) is 14.5. The average molecular weight is 256 g/mol. The molecule has 0 unspecified atom stereocenters. The van der Waals surface area contributed by atoms with Crippen molar-refractivity contribution < 1.29 is 14.6 Å². The van der Waals surface area contributed by atoms with E-state index in [-0.39, 0.29) is 6.61 Å². The molecule has 1 aromatic rings. The van der Waals surface area contributed by atoms with Crippen molar-refractivity contribution in [2.45, 2.75) is 6.92 Å². The van der Waals surface area contributed by atoms with Crippen molar-refractivity contribution in [3.8, 4) is 5.88 Å². The fourth-order valence-electron chi connectivity index (χ4n) is 1.40. The van der Waals surface area contributed by atoms with E-state index in [1.54, 1.807) is 0 Å². The lowest BCUT2D eigenvalue weighted by atomic mass is 10.4. The van der Waals surface area contributed by atoms with E-state index in [2.05, 4.69) is 9.97 Å². The van der Waals surface area contributed by atoms with Gasteiger partial charge < -0.3 is 25.2 Å². The van der Waals surface area contributed by atoms with Gasteiger partial charge in [0.1, 0.15) is 12.0 Å². The molecule has 0 spiro atoms. The number of aromatic nitrogens is 2. The van der Waals surface area contributed by atoms with E-state index in [0.29, 0.717) is 43.8 Å². The molecule has 0 aliphatic rings. The third-order valence-electron chi connectivity index (χ3n) is 2.28. The van der Waals surface area contributed by atoms with Crippen molar-refractivity contribution in [1.29, 1.82) is 0 Å². The molecule has 3 N–H and O–H groups in total. The largest absolute Gasteiger partial charge is 0.476 e. The van der Waals surface area contributed by atoms with E-state index in [1.165, 1.54) is 6.33 Å². The quantitative estimate of drug-likeness (QED) is 0.627. The van der Waals surface area contributed by atoms with Gasteiger partial charge >= 0.3 is 0 Å². The van der Waals surface area contributed by atoms with Crippen molar-refractivity contribution >= 4 is 11.5 Å². The Balaban J connectivity index is 2.61. The lowest BCUT2D eigenvalue weighted by Gasteiger charge is -2.20. The fourth-order valence-corrected chi connectivity index (χ4v) is 1.40. The first-order chi connectivity index (χ1) is 8.70. The molecule has 7 heteroatoms. The summed E-state index contributed by atoms with van der Waals surface area (Å²) in [5.74, 6) is 1.01. The van der Waals surface area contributed by atoms with Gasteiger partial charge in [-0.15, -0.1) is 0 Å². The van der Waals surface area contributed by atoms with Crippen LogP contribution in [0.25, 0.3) is 0 Å². The van der Waals surface area contributed by atoms with Crippen LogP contribution in [0.4, 0.5) is 11.5 Å². The van der Waals surface area contributed by atoms with Gasteiger partial charge in [0.2, 0.25) is 5.88 Å². The first-order valence-electron chi connectivity index (χ1n) is 5.83. The highest BCUT2D eigenvalue weighted by Crippen LogP contribution is 2.26. The highest BCUT2D eigenvalue weighted by atomic mass is 16.5. The lowest BCUT2D eigenvalue weighted by Crippen LogP contribution is -2.25. The molecular weight excluding hydrogens is 236 g/mol. The number of anilines is 2. The van der Waals surface area contributed by atoms with Gasteiger partial charge in [-0.2, -0.15) is 4.98 Å². The molecule has 0 aliphatic carbocycles. The van der Waals surface area contributed by atoms with Gasteiger partial charge in [0.25, 0.3) is 0 Å². The van der Waals surface area contributed by atoms with E-state index in [1.807, 2.05) is 18.9 Å². The second-order valence-corrected chi connectivity index (χ2v) is 3.61. The predicted octanol–water partition coefficient (Wildman–Crippen LogP) is -0.0974. The van der Waals surface area contributed by atoms with Crippen molar-refractivity contribution in [2.75, 3.05) is 50.7 Å². The van der Waals surface area contributed by atoms with Crippen LogP contribution in [0.15, 0.2) is 6.33 Å². The minimum absolute atomic E-state index is 0.0217. The van der Waals surface area contributed by atoms with Crippen LogP contribution in [-0.4, -0.2) is 55.1 Å². The molecule has 1 heterocycles. The number of hydrogen-bond donors (Lipinski definition) is 2. The molecule has 0 radical (unpaired) electrons. The number of ether oxygens (including phenoxy) is 2. The number of rotatable bonds is 8. The Morgan fingerprint density at radius 3 is 2.83 bits per heavy atom. The Labute approximate surface area is 107 Å². The number of likely N-dealkylation sites (N-methyl/N-ethyl adjacent to an activating group) is 1. The number of hydrogen-bond acceptors (Lipinski definition) is 7. The molecule has 1 aromatic heterocycles. The van der Waals surface area contributed by atoms with Crippen LogP contribution >= 0.6 is 0 Å². The first-order valence-corrected chi connectivity index (χ1v) is 5.83. The molecule has 0 aromatic carbocycles. The molecule has 18 heavy (non-hydrogen) atoms. The van der Waals surface area contributed by atoms with E-state index < -0.39 is 0 Å². The molecular formula is C11H20N4O3. The molecule has 0 saturated heterocycles. The zero-order chi connectivity index (χ0) is 13.4. The molecule has 102 valence electrons. The Hall–Kier alpha value is -1.60. The van der Waals surface area contributed by atoms with Crippen LogP contribution in [0.1, 0.15) is 6.92 Å². The maximum Gasteiger partial charge on any atom is 0.242 e. The van der Waals surface area contributed by atoms with Gasteiger partial charge in [-0.1, -0.05) is 0 Å². The molecule has 0 saturated carbocycles. The van der Waals surface area contributed by atoms with E-state index in [9.17, 15) is 0 Å². The molecule has 0 amide bonds. The van der Waals surface area contributed by atoms with Crippen molar-refractivity contribution in [3.05, 3.63) is 6.33 Å². The highest BCUT2D eigenvalue weighted by molar-refractivity contribution is 5.67. The van der Waals surface area contributed by atoms with Crippen molar-refractivity contribution in [2.24, 2.45) is 0 Å². The van der Waals surface area contributed by atoms with E-state index in [0.717, 1.165) is 0 Å². The number of aliphatic hydroxyl groups excluding tert-OH is 1. The summed E-state index contributed by atoms with van der Waals surface area (Å²) in [6, 6.07) is 0. The molecule has 7 nitrogen and oxygen atoms in total. The number of nitrogens with two attached hydrogens (primary N) is 1. The topological polar surface area (TPSA) is 93.7 Å². The molecule has 1 rings (SSSR count). The summed E-state index contributed by atoms with van der Waals surface area (Å²) in [6.07, 6.45) is 1.42. The van der Waals surface area contributed by atoms with E-state index >= 15 is 0 Å². The molecule has 0 aliphatic heterocycles. The summed E-state index contributed by atoms with van der Waals surface area (Å²) in [5.41, 5.74) is 6.35. The van der Waals surface area contributed by atoms with Crippen molar-refractivity contribution in [1.82, 2.24) is 9.97 Å². The maximum absolute atomic E-state index is 8.59.